The summed E-state index contributed by atoms with van der Waals surface area (Å²) in [6, 6.07) is -0.878. The molecule has 0 radical (unpaired) electrons. The van der Waals surface area contributed by atoms with Crippen LogP contribution in [0, 0.1) is 0 Å². The van der Waals surface area contributed by atoms with Crippen LogP contribution in [0.15, 0.2) is 0 Å². The molecular formula is C36H70N6O7. The molecule has 2 amide bonds. The van der Waals surface area contributed by atoms with Crippen LogP contribution in [0.1, 0.15) is 162 Å². The smallest absolute Gasteiger partial charge is 0.326 e. The van der Waals surface area contributed by atoms with E-state index in [2.05, 4.69) is 31.3 Å². The maximum Gasteiger partial charge on any atom is 0.326 e. The average molecular weight is 699 g/mol. The van der Waals surface area contributed by atoms with Crippen LogP contribution in [-0.2, 0) is 35.1 Å². The fourth-order valence-corrected chi connectivity index (χ4v) is 4.89. The number of tetrazole rings is 1. The Morgan fingerprint density at radius 3 is 1.84 bits per heavy atom. The molecule has 1 aromatic rings. The molecule has 0 spiro atoms. The predicted molar refractivity (Wildman–Crippen MR) is 193 cm³/mol. The Balaban J connectivity index is 0. The van der Waals surface area contributed by atoms with Crippen molar-refractivity contribution in [3.8, 4) is 0 Å². The molecule has 49 heavy (non-hydrogen) atoms. The van der Waals surface area contributed by atoms with E-state index in [9.17, 15) is 19.2 Å². The van der Waals surface area contributed by atoms with Gasteiger partial charge in [-0.05, 0) is 32.1 Å². The second kappa shape index (κ2) is 36.4. The first kappa shape index (κ1) is 48.2. The van der Waals surface area contributed by atoms with Crippen molar-refractivity contribution in [2.24, 2.45) is 0 Å². The number of carboxylic acids is 1. The lowest BCUT2D eigenvalue weighted by Crippen LogP contribution is -2.42. The molecule has 1 heterocycles. The lowest BCUT2D eigenvalue weighted by atomic mass is 10.0. The Hall–Kier alpha value is -2.93. The van der Waals surface area contributed by atoms with Gasteiger partial charge in [0.2, 0.25) is 11.8 Å². The van der Waals surface area contributed by atoms with Crippen LogP contribution >= 0.6 is 0 Å². The molecule has 0 saturated carbocycles. The number of rotatable bonds is 32. The van der Waals surface area contributed by atoms with Gasteiger partial charge in [-0.3, -0.25) is 14.4 Å². The second-order valence-corrected chi connectivity index (χ2v) is 12.2. The maximum atomic E-state index is 12.0. The van der Waals surface area contributed by atoms with Crippen LogP contribution in [0.4, 0.5) is 0 Å². The van der Waals surface area contributed by atoms with Crippen molar-refractivity contribution < 1.29 is 33.8 Å². The number of hydrogen-bond acceptors (Lipinski definition) is 9. The van der Waals surface area contributed by atoms with Gasteiger partial charge in [0.25, 0.3) is 0 Å². The van der Waals surface area contributed by atoms with E-state index in [1.807, 2.05) is 20.8 Å². The number of carbonyl (C=O) groups excluding carboxylic acids is 3. The van der Waals surface area contributed by atoms with Crippen LogP contribution in [0.3, 0.4) is 0 Å². The fourth-order valence-electron chi connectivity index (χ4n) is 4.89. The molecule has 4 N–H and O–H groups in total. The number of carboxylic acid groups (broad SMARTS) is 1. The highest BCUT2D eigenvalue weighted by Crippen LogP contribution is 2.14. The summed E-state index contributed by atoms with van der Waals surface area (Å²) in [7, 11) is 0. The van der Waals surface area contributed by atoms with Crippen LogP contribution in [0.5, 0.6) is 0 Å². The minimum Gasteiger partial charge on any atom is -0.480 e. The Morgan fingerprint density at radius 1 is 0.735 bits per heavy atom. The molecule has 1 atom stereocenters. The largest absolute Gasteiger partial charge is 0.480 e. The molecular weight excluding hydrogens is 628 g/mol. The molecule has 0 fully saturated rings. The van der Waals surface area contributed by atoms with Crippen molar-refractivity contribution in [1.82, 2.24) is 31.3 Å². The van der Waals surface area contributed by atoms with Gasteiger partial charge < -0.3 is 25.2 Å². The monoisotopic (exact) mass is 699 g/mol. The van der Waals surface area contributed by atoms with Crippen LogP contribution < -0.4 is 10.6 Å². The number of unbranched alkanes of at least 4 members (excludes halogenated alkanes) is 12. The van der Waals surface area contributed by atoms with Crippen molar-refractivity contribution in [1.29, 1.82) is 0 Å². The molecule has 0 aromatic carbocycles. The van der Waals surface area contributed by atoms with E-state index in [1.165, 1.54) is 64.2 Å². The van der Waals surface area contributed by atoms with Gasteiger partial charge in [-0.15, -0.1) is 10.2 Å². The van der Waals surface area contributed by atoms with Gasteiger partial charge in [0.1, 0.15) is 18.4 Å². The third-order valence-electron chi connectivity index (χ3n) is 7.70. The number of H-pyrrole nitrogens is 1. The number of nitrogens with one attached hydrogen (secondary N) is 3. The maximum absolute atomic E-state index is 12.0. The summed E-state index contributed by atoms with van der Waals surface area (Å²) in [5.41, 5.74) is 0. The van der Waals surface area contributed by atoms with Gasteiger partial charge in [0.15, 0.2) is 5.82 Å². The first-order chi connectivity index (χ1) is 23.3. The third-order valence-corrected chi connectivity index (χ3v) is 7.70. The van der Waals surface area contributed by atoms with E-state index >= 15 is 0 Å². The zero-order valence-electron chi connectivity index (χ0n) is 30.2. The van der Waals surface area contributed by atoms with Crippen molar-refractivity contribution >= 4 is 23.6 Å². The lowest BCUT2D eigenvalue weighted by Gasteiger charge is -2.13. The number of ether oxygens (including phenoxy) is 2. The highest BCUT2D eigenvalue weighted by molar-refractivity contribution is 5.84. The van der Waals surface area contributed by atoms with Crippen LogP contribution in [0.2, 0.25) is 0 Å². The van der Waals surface area contributed by atoms with Crippen molar-refractivity contribution in [3.63, 3.8) is 0 Å². The number of aromatic amines is 1. The molecule has 1 aromatic heterocycles. The summed E-state index contributed by atoms with van der Waals surface area (Å²) in [5, 5.41) is 28.2. The van der Waals surface area contributed by atoms with E-state index in [1.54, 1.807) is 0 Å². The van der Waals surface area contributed by atoms with Crippen molar-refractivity contribution in [2.45, 2.75) is 169 Å². The van der Waals surface area contributed by atoms with E-state index in [0.29, 0.717) is 57.5 Å². The highest BCUT2D eigenvalue weighted by atomic mass is 16.5. The van der Waals surface area contributed by atoms with Crippen LogP contribution in [0.25, 0.3) is 0 Å². The second-order valence-electron chi connectivity index (χ2n) is 12.2. The lowest BCUT2D eigenvalue weighted by molar-refractivity contribution is -0.142. The van der Waals surface area contributed by atoms with Gasteiger partial charge in [-0.2, -0.15) is 5.21 Å². The minimum absolute atomic E-state index is 0. The number of nitrogens with zero attached hydrogens (tertiary/aromatic N) is 3. The van der Waals surface area contributed by atoms with E-state index in [4.69, 9.17) is 14.6 Å². The first-order valence-electron chi connectivity index (χ1n) is 18.5. The Morgan fingerprint density at radius 2 is 1.31 bits per heavy atom. The van der Waals surface area contributed by atoms with Gasteiger partial charge >= 0.3 is 5.97 Å². The molecule has 0 aliphatic carbocycles. The average Bonchev–Trinajstić information content (AvgIpc) is 3.60. The molecule has 0 saturated heterocycles. The quantitative estimate of drug-likeness (QED) is 0.0604. The van der Waals surface area contributed by atoms with E-state index < -0.39 is 17.9 Å². The van der Waals surface area contributed by atoms with Gasteiger partial charge in [-0.25, -0.2) is 4.79 Å². The number of hydrogen-bond donors (Lipinski definition) is 4. The molecule has 0 aliphatic heterocycles. The molecule has 1 rings (SSSR count). The summed E-state index contributed by atoms with van der Waals surface area (Å²) in [6.45, 7) is 7.44. The Bertz CT molecular complexity index is 918. The summed E-state index contributed by atoms with van der Waals surface area (Å²) in [6.07, 6.45) is 21.7. The van der Waals surface area contributed by atoms with Gasteiger partial charge in [-0.1, -0.05) is 110 Å². The number of aryl methyl sites for hydroxylation is 1. The highest BCUT2D eigenvalue weighted by Gasteiger charge is 2.18. The number of carbonyl (C=O) groups is 4. The zero-order chi connectivity index (χ0) is 35.5. The number of aromatic nitrogens is 4. The normalized spacial score (nSPS) is 11.2. The fraction of sp³-hybridized carbons (Fsp3) is 0.861. The van der Waals surface area contributed by atoms with E-state index in [0.717, 1.165) is 44.5 Å². The third kappa shape index (κ3) is 33.3. The first-order valence-corrected chi connectivity index (χ1v) is 18.5. The standard InChI is InChI=1S/C29H53N5O6.C6H13NO.CH4/c1-2-17-26(29(37)38)30-28(36)24-40-23-22-39-21-16-19-25(35)18-14-12-10-8-6-4-3-5-7-9-11-13-15-20-27-31-33-34-32-27;1-3-5-7-6(8)4-2;/h26H,2-24H2,1H3,(H,30,36)(H,37,38)(H,31,32,33,34);3-5H2,1-2H3,(H,7,8);1H4. The van der Waals surface area contributed by atoms with Crippen LogP contribution in [-0.4, -0.2) is 88.3 Å². The number of ketones is 1. The molecule has 13 nitrogen and oxygen atoms in total. The Kier molecular flexibility index (Phi) is 35.7. The van der Waals surface area contributed by atoms with E-state index in [-0.39, 0.29) is 26.5 Å². The topological polar surface area (TPSA) is 185 Å². The number of aliphatic carboxylic acids is 1. The SMILES string of the molecule is C.CCCC(NC(=O)COCCOCCCC(=O)CCCCCCCCCCCCCCCc1nn[nH]n1)C(=O)O.CCCNC(=O)CC. The minimum atomic E-state index is -1.04. The number of Topliss-reactive ketones (excluding diaryl/α,β-unsaturated/α-hetero) is 1. The summed E-state index contributed by atoms with van der Waals surface area (Å²) < 4.78 is 10.7. The summed E-state index contributed by atoms with van der Waals surface area (Å²) in [5.74, 6) is -0.226. The van der Waals surface area contributed by atoms with Gasteiger partial charge in [0, 0.05) is 38.8 Å². The zero-order valence-corrected chi connectivity index (χ0v) is 30.2. The predicted octanol–water partition coefficient (Wildman–Crippen LogP) is 6.51. The summed E-state index contributed by atoms with van der Waals surface area (Å²) in [4.78, 5) is 45.3. The number of amides is 2. The molecule has 286 valence electrons. The van der Waals surface area contributed by atoms with Gasteiger partial charge in [0.05, 0.1) is 13.2 Å². The molecule has 1 unspecified atom stereocenters. The Labute approximate surface area is 296 Å². The molecule has 13 heteroatoms. The molecule has 0 bridgehead atoms. The molecule has 0 aliphatic rings. The van der Waals surface area contributed by atoms with Crippen molar-refractivity contribution in [3.05, 3.63) is 5.82 Å². The van der Waals surface area contributed by atoms with Crippen molar-refractivity contribution in [2.75, 3.05) is 33.0 Å². The summed E-state index contributed by atoms with van der Waals surface area (Å²) >= 11 is 0.